The summed E-state index contributed by atoms with van der Waals surface area (Å²) in [5, 5.41) is 17.9. The average Bonchev–Trinajstić information content (AvgIpc) is 3.21. The predicted molar refractivity (Wildman–Crippen MR) is 114 cm³/mol. The second-order valence-corrected chi connectivity index (χ2v) is 7.56. The number of allylic oxidation sites excluding steroid dienone is 2. The van der Waals surface area contributed by atoms with E-state index in [4.69, 9.17) is 14.6 Å². The van der Waals surface area contributed by atoms with Crippen molar-refractivity contribution in [2.45, 2.75) is 25.3 Å². The minimum atomic E-state index is -0.498. The first kappa shape index (κ1) is 19.2. The van der Waals surface area contributed by atoms with Crippen LogP contribution >= 0.6 is 0 Å². The van der Waals surface area contributed by atoms with Gasteiger partial charge in [-0.05, 0) is 43.2 Å². The molecule has 0 saturated carbocycles. The van der Waals surface area contributed by atoms with Gasteiger partial charge in [0.25, 0.3) is 0 Å². The van der Waals surface area contributed by atoms with Crippen LogP contribution in [0.3, 0.4) is 0 Å². The lowest BCUT2D eigenvalue weighted by atomic mass is 9.85. The molecule has 31 heavy (non-hydrogen) atoms. The number of ketones is 1. The van der Waals surface area contributed by atoms with E-state index in [-0.39, 0.29) is 11.5 Å². The van der Waals surface area contributed by atoms with Crippen LogP contribution < -0.4 is 14.8 Å². The van der Waals surface area contributed by atoms with Gasteiger partial charge in [-0.15, -0.1) is 5.10 Å². The molecule has 2 aliphatic rings. The average molecular weight is 418 g/mol. The van der Waals surface area contributed by atoms with Crippen molar-refractivity contribution in [3.63, 3.8) is 0 Å². The number of nitrogens with one attached hydrogen (secondary N) is 1. The molecule has 1 unspecified atom stereocenters. The highest BCUT2D eigenvalue weighted by Crippen LogP contribution is 2.44. The molecule has 3 aromatic rings. The number of hydrogen-bond acceptors (Lipinski definition) is 7. The Morgan fingerprint density at radius 3 is 2.77 bits per heavy atom. The molecule has 5 rings (SSSR count). The fourth-order valence-corrected chi connectivity index (χ4v) is 4.26. The highest BCUT2D eigenvalue weighted by atomic mass is 16.5. The number of methoxy groups -OCH3 is 2. The minimum Gasteiger partial charge on any atom is -0.508 e. The summed E-state index contributed by atoms with van der Waals surface area (Å²) in [7, 11) is 3.20. The number of rotatable bonds is 4. The smallest absolute Gasteiger partial charge is 0.226 e. The third kappa shape index (κ3) is 3.20. The van der Waals surface area contributed by atoms with Crippen molar-refractivity contribution < 1.29 is 19.4 Å². The molecular formula is C23H22N4O4. The Labute approximate surface area is 179 Å². The summed E-state index contributed by atoms with van der Waals surface area (Å²) in [6.45, 7) is 0. The number of carbonyl (C=O) groups excluding carboxylic acids is 1. The lowest BCUT2D eigenvalue weighted by Gasteiger charge is -2.32. The Bertz CT molecular complexity index is 1210. The fourth-order valence-electron chi connectivity index (χ4n) is 4.26. The van der Waals surface area contributed by atoms with E-state index >= 15 is 0 Å². The molecular weight excluding hydrogens is 396 g/mol. The van der Waals surface area contributed by atoms with Gasteiger partial charge in [-0.2, -0.15) is 4.98 Å². The molecule has 0 saturated heterocycles. The third-order valence-corrected chi connectivity index (χ3v) is 5.70. The number of carbonyl (C=O) groups is 1. The number of aromatic nitrogens is 3. The molecule has 2 N–H and O–H groups in total. The number of benzene rings is 2. The number of Topliss-reactive ketones (excluding diaryl/α,β-unsaturated/α-hetero) is 1. The normalized spacial score (nSPS) is 17.6. The van der Waals surface area contributed by atoms with E-state index in [2.05, 4.69) is 10.3 Å². The Hall–Kier alpha value is -3.81. The quantitative estimate of drug-likeness (QED) is 0.667. The van der Waals surface area contributed by atoms with E-state index in [1.54, 1.807) is 37.1 Å². The molecule has 0 fully saturated rings. The second kappa shape index (κ2) is 7.46. The third-order valence-electron chi connectivity index (χ3n) is 5.70. The van der Waals surface area contributed by atoms with Crippen molar-refractivity contribution >= 4 is 11.7 Å². The predicted octanol–water partition coefficient (Wildman–Crippen LogP) is 3.69. The maximum atomic E-state index is 13.0. The molecule has 0 radical (unpaired) electrons. The Morgan fingerprint density at radius 2 is 2.00 bits per heavy atom. The number of anilines is 1. The number of ether oxygens (including phenoxy) is 2. The maximum absolute atomic E-state index is 13.0. The van der Waals surface area contributed by atoms with Crippen LogP contribution in [0.2, 0.25) is 0 Å². The van der Waals surface area contributed by atoms with Crippen LogP contribution in [0.1, 0.15) is 30.9 Å². The summed E-state index contributed by atoms with van der Waals surface area (Å²) in [6, 6.07) is 11.8. The molecule has 0 spiro atoms. The van der Waals surface area contributed by atoms with Crippen molar-refractivity contribution in [1.82, 2.24) is 14.8 Å². The number of phenolic OH excluding ortho intramolecular Hbond substituents is 1. The Morgan fingerprint density at radius 1 is 1.13 bits per heavy atom. The summed E-state index contributed by atoms with van der Waals surface area (Å²) in [5.74, 6) is 2.52. The molecule has 1 aliphatic carbocycles. The van der Waals surface area contributed by atoms with Gasteiger partial charge in [0.15, 0.2) is 11.6 Å². The molecule has 158 valence electrons. The van der Waals surface area contributed by atoms with Gasteiger partial charge in [-0.25, -0.2) is 4.68 Å². The van der Waals surface area contributed by atoms with E-state index in [0.29, 0.717) is 40.8 Å². The first-order valence-corrected chi connectivity index (χ1v) is 10.1. The summed E-state index contributed by atoms with van der Waals surface area (Å²) in [4.78, 5) is 17.7. The standard InChI is InChI=1S/C23H22N4O4/c1-30-15-9-10-19(31-2)16(12-15)21-20-17(7-4-8-18(20)29)24-23-25-22(26-27(21)23)13-5-3-6-14(28)11-13/h3,5-6,9-12,21,28H,4,7-8H2,1-2H3,(H,24,25,26). The van der Waals surface area contributed by atoms with Gasteiger partial charge in [0.05, 0.1) is 14.2 Å². The number of hydrogen-bond donors (Lipinski definition) is 2. The van der Waals surface area contributed by atoms with Gasteiger partial charge in [0.1, 0.15) is 23.3 Å². The molecule has 1 aromatic heterocycles. The van der Waals surface area contributed by atoms with Crippen molar-refractivity contribution in [1.29, 1.82) is 0 Å². The first-order chi connectivity index (χ1) is 15.1. The molecule has 0 bridgehead atoms. The highest BCUT2D eigenvalue weighted by molar-refractivity contribution is 5.99. The van der Waals surface area contributed by atoms with E-state index in [0.717, 1.165) is 24.1 Å². The van der Waals surface area contributed by atoms with Gasteiger partial charge >= 0.3 is 0 Å². The Kier molecular flexibility index (Phi) is 4.62. The molecule has 2 aromatic carbocycles. The van der Waals surface area contributed by atoms with Crippen molar-refractivity contribution in [2.24, 2.45) is 0 Å². The number of fused-ring (bicyclic) bond motifs is 1. The first-order valence-electron chi connectivity index (χ1n) is 10.1. The van der Waals surface area contributed by atoms with Crippen molar-refractivity contribution in [3.05, 3.63) is 59.3 Å². The largest absolute Gasteiger partial charge is 0.508 e. The zero-order valence-corrected chi connectivity index (χ0v) is 17.3. The van der Waals surface area contributed by atoms with Crippen LogP contribution in [0.5, 0.6) is 17.2 Å². The van der Waals surface area contributed by atoms with Crippen LogP contribution in [0.15, 0.2) is 53.7 Å². The van der Waals surface area contributed by atoms with Crippen LogP contribution in [0.25, 0.3) is 11.4 Å². The number of phenols is 1. The van der Waals surface area contributed by atoms with Crippen LogP contribution in [-0.4, -0.2) is 39.9 Å². The topological polar surface area (TPSA) is 98.5 Å². The summed E-state index contributed by atoms with van der Waals surface area (Å²) in [5.41, 5.74) is 3.01. The zero-order valence-electron chi connectivity index (χ0n) is 17.3. The highest BCUT2D eigenvalue weighted by Gasteiger charge is 2.38. The SMILES string of the molecule is COc1ccc(OC)c(C2C3=C(CCCC3=O)Nc3nc(-c4cccc(O)c4)nn32)c1. The molecule has 0 amide bonds. The molecule has 2 heterocycles. The zero-order chi connectivity index (χ0) is 21.5. The Balaban J connectivity index is 1.72. The van der Waals surface area contributed by atoms with E-state index in [1.807, 2.05) is 24.3 Å². The van der Waals surface area contributed by atoms with Crippen molar-refractivity contribution in [3.8, 4) is 28.6 Å². The van der Waals surface area contributed by atoms with Gasteiger partial charge in [-0.1, -0.05) is 12.1 Å². The van der Waals surface area contributed by atoms with E-state index in [9.17, 15) is 9.90 Å². The fraction of sp³-hybridized carbons (Fsp3) is 0.261. The lowest BCUT2D eigenvalue weighted by molar-refractivity contribution is -0.116. The van der Waals surface area contributed by atoms with Gasteiger partial charge in [-0.3, -0.25) is 4.79 Å². The molecule has 8 heteroatoms. The minimum absolute atomic E-state index is 0.0867. The van der Waals surface area contributed by atoms with Gasteiger partial charge < -0.3 is 19.9 Å². The number of aromatic hydroxyl groups is 1. The molecule has 1 atom stereocenters. The molecule has 8 nitrogen and oxygen atoms in total. The lowest BCUT2D eigenvalue weighted by Crippen LogP contribution is -2.31. The van der Waals surface area contributed by atoms with Crippen LogP contribution in [-0.2, 0) is 4.79 Å². The summed E-state index contributed by atoms with van der Waals surface area (Å²) >= 11 is 0. The summed E-state index contributed by atoms with van der Waals surface area (Å²) < 4.78 is 12.8. The number of nitrogens with zero attached hydrogens (tertiary/aromatic N) is 3. The van der Waals surface area contributed by atoms with E-state index in [1.165, 1.54) is 0 Å². The van der Waals surface area contributed by atoms with Gasteiger partial charge in [0.2, 0.25) is 5.95 Å². The summed E-state index contributed by atoms with van der Waals surface area (Å²) in [6.07, 6.45) is 2.05. The van der Waals surface area contributed by atoms with E-state index < -0.39 is 6.04 Å². The van der Waals surface area contributed by atoms with Gasteiger partial charge in [0, 0.05) is 28.8 Å². The molecule has 1 aliphatic heterocycles. The second-order valence-electron chi connectivity index (χ2n) is 7.56. The maximum Gasteiger partial charge on any atom is 0.226 e. The van der Waals surface area contributed by atoms with Crippen LogP contribution in [0.4, 0.5) is 5.95 Å². The van der Waals surface area contributed by atoms with Crippen molar-refractivity contribution in [2.75, 3.05) is 19.5 Å². The van der Waals surface area contributed by atoms with Crippen LogP contribution in [0, 0.1) is 0 Å². The monoisotopic (exact) mass is 418 g/mol.